The topological polar surface area (TPSA) is 146 Å². The summed E-state index contributed by atoms with van der Waals surface area (Å²) in [5, 5.41) is 12.8. The number of urea groups is 1. The Labute approximate surface area is 235 Å². The van der Waals surface area contributed by atoms with Crippen LogP contribution in [0.25, 0.3) is 10.9 Å². The van der Waals surface area contributed by atoms with Crippen molar-refractivity contribution in [2.75, 3.05) is 24.5 Å². The van der Waals surface area contributed by atoms with Gasteiger partial charge < -0.3 is 16.0 Å². The summed E-state index contributed by atoms with van der Waals surface area (Å²) < 4.78 is 2.89. The van der Waals surface area contributed by atoms with E-state index >= 15 is 0 Å². The Balaban J connectivity index is 1.68. The molecule has 40 heavy (non-hydrogen) atoms. The number of nitrogens with zero attached hydrogens (tertiary/aromatic N) is 5. The summed E-state index contributed by atoms with van der Waals surface area (Å²) in [6.45, 7) is 4.87. The first kappa shape index (κ1) is 27.4. The van der Waals surface area contributed by atoms with Crippen LogP contribution >= 0.6 is 11.6 Å². The molecule has 0 bridgehead atoms. The van der Waals surface area contributed by atoms with Crippen LogP contribution in [0.4, 0.5) is 16.2 Å². The summed E-state index contributed by atoms with van der Waals surface area (Å²) in [5.74, 6) is -0.268. The number of primary amides is 1. The number of piperazine rings is 1. The molecule has 3 N–H and O–H groups in total. The molecule has 5 rings (SSSR count). The van der Waals surface area contributed by atoms with Gasteiger partial charge in [-0.05, 0) is 69.0 Å². The van der Waals surface area contributed by atoms with Gasteiger partial charge in [0.25, 0.3) is 5.56 Å². The van der Waals surface area contributed by atoms with Crippen molar-refractivity contribution in [3.63, 3.8) is 0 Å². The van der Waals surface area contributed by atoms with E-state index in [4.69, 9.17) is 17.3 Å². The number of hydrogen-bond donors (Lipinski definition) is 2. The zero-order chi connectivity index (χ0) is 28.7. The zero-order valence-electron chi connectivity index (χ0n) is 22.3. The van der Waals surface area contributed by atoms with Crippen molar-refractivity contribution in [1.29, 1.82) is 5.26 Å². The van der Waals surface area contributed by atoms with Gasteiger partial charge in [-0.25, -0.2) is 9.59 Å². The lowest BCUT2D eigenvalue weighted by Crippen LogP contribution is -2.59. The molecular formula is C28H30ClN7O4. The average Bonchev–Trinajstić information content (AvgIpc) is 3.76. The normalized spacial score (nSPS) is 17.2. The first-order valence-corrected chi connectivity index (χ1v) is 13.6. The Kier molecular flexibility index (Phi) is 7.40. The number of nitriles is 1. The first-order chi connectivity index (χ1) is 19.1. The van der Waals surface area contributed by atoms with Crippen LogP contribution in [0, 0.1) is 17.2 Å². The molecule has 11 nitrogen and oxygen atoms in total. The summed E-state index contributed by atoms with van der Waals surface area (Å²) in [5.41, 5.74) is 6.20. The summed E-state index contributed by atoms with van der Waals surface area (Å²) in [4.78, 5) is 55.7. The molecule has 1 aliphatic heterocycles. The fourth-order valence-corrected chi connectivity index (χ4v) is 5.30. The Morgan fingerprint density at radius 3 is 2.50 bits per heavy atom. The SMILES string of the molecule is CC(C)n1c(=O)n(CC2CC2)c(=O)c2cc(N(C(=O)N3CCNC(C(N)=O)C3)c3ccc(C#N)c(Cl)c3)ccc21. The number of anilines is 2. The number of hydrogen-bond acceptors (Lipinski definition) is 6. The van der Waals surface area contributed by atoms with E-state index in [9.17, 15) is 24.4 Å². The summed E-state index contributed by atoms with van der Waals surface area (Å²) in [7, 11) is 0. The average molecular weight is 564 g/mol. The van der Waals surface area contributed by atoms with E-state index < -0.39 is 23.5 Å². The number of nitrogens with two attached hydrogens (primary N) is 1. The lowest BCUT2D eigenvalue weighted by Gasteiger charge is -2.36. The minimum absolute atomic E-state index is 0.0589. The van der Waals surface area contributed by atoms with Gasteiger partial charge in [0, 0.05) is 32.2 Å². The quantitative estimate of drug-likeness (QED) is 0.471. The van der Waals surface area contributed by atoms with Crippen LogP contribution in [0.15, 0.2) is 46.0 Å². The van der Waals surface area contributed by atoms with E-state index in [1.807, 2.05) is 19.9 Å². The van der Waals surface area contributed by atoms with Gasteiger partial charge in [-0.3, -0.25) is 23.6 Å². The van der Waals surface area contributed by atoms with E-state index in [1.54, 1.807) is 28.8 Å². The van der Waals surface area contributed by atoms with Crippen LogP contribution in [-0.2, 0) is 11.3 Å². The van der Waals surface area contributed by atoms with Crippen molar-refractivity contribution >= 4 is 45.8 Å². The van der Waals surface area contributed by atoms with Gasteiger partial charge in [0.15, 0.2) is 0 Å². The van der Waals surface area contributed by atoms with Crippen LogP contribution in [-0.4, -0.2) is 51.6 Å². The van der Waals surface area contributed by atoms with Crippen molar-refractivity contribution in [3.05, 3.63) is 67.8 Å². The maximum absolute atomic E-state index is 14.0. The molecule has 2 aliphatic rings. The van der Waals surface area contributed by atoms with Crippen LogP contribution in [0.5, 0.6) is 0 Å². The smallest absolute Gasteiger partial charge is 0.331 e. The highest BCUT2D eigenvalue weighted by molar-refractivity contribution is 6.32. The van der Waals surface area contributed by atoms with Gasteiger partial charge in [0.1, 0.15) is 12.1 Å². The minimum Gasteiger partial charge on any atom is -0.368 e. The van der Waals surface area contributed by atoms with Crippen LogP contribution < -0.4 is 27.2 Å². The number of nitrogens with one attached hydrogen (secondary N) is 1. The molecule has 1 aliphatic carbocycles. The summed E-state index contributed by atoms with van der Waals surface area (Å²) in [6, 6.07) is 10.2. The van der Waals surface area contributed by atoms with Crippen molar-refractivity contribution in [2.24, 2.45) is 11.7 Å². The Bertz CT molecular complexity index is 1670. The van der Waals surface area contributed by atoms with Crippen molar-refractivity contribution < 1.29 is 9.59 Å². The van der Waals surface area contributed by atoms with Gasteiger partial charge in [-0.2, -0.15) is 5.26 Å². The predicted molar refractivity (Wildman–Crippen MR) is 152 cm³/mol. The number of aromatic nitrogens is 2. The highest BCUT2D eigenvalue weighted by atomic mass is 35.5. The molecule has 1 saturated carbocycles. The minimum atomic E-state index is -0.712. The highest BCUT2D eigenvalue weighted by Gasteiger charge is 2.32. The van der Waals surface area contributed by atoms with Crippen LogP contribution in [0.2, 0.25) is 5.02 Å². The number of amides is 3. The van der Waals surface area contributed by atoms with Gasteiger partial charge in [-0.15, -0.1) is 0 Å². The second kappa shape index (κ2) is 10.8. The van der Waals surface area contributed by atoms with E-state index in [0.29, 0.717) is 47.8 Å². The maximum atomic E-state index is 14.0. The summed E-state index contributed by atoms with van der Waals surface area (Å²) in [6.07, 6.45) is 1.95. The van der Waals surface area contributed by atoms with Crippen LogP contribution in [0.1, 0.15) is 38.3 Å². The molecule has 2 aromatic carbocycles. The lowest BCUT2D eigenvalue weighted by molar-refractivity contribution is -0.120. The molecule has 12 heteroatoms. The van der Waals surface area contributed by atoms with E-state index in [0.717, 1.165) is 12.8 Å². The fourth-order valence-electron chi connectivity index (χ4n) is 5.09. The maximum Gasteiger partial charge on any atom is 0.331 e. The lowest BCUT2D eigenvalue weighted by atomic mass is 10.1. The Hall–Kier alpha value is -4.14. The predicted octanol–water partition coefficient (Wildman–Crippen LogP) is 2.70. The number of fused-ring (bicyclic) bond motifs is 1. The molecule has 1 aromatic heterocycles. The number of benzene rings is 2. The largest absolute Gasteiger partial charge is 0.368 e. The first-order valence-electron chi connectivity index (χ1n) is 13.2. The Morgan fingerprint density at radius 1 is 1.18 bits per heavy atom. The molecule has 1 atom stereocenters. The summed E-state index contributed by atoms with van der Waals surface area (Å²) >= 11 is 6.35. The molecule has 2 fully saturated rings. The number of halogens is 1. The number of carbonyl (C=O) groups excluding carboxylic acids is 2. The molecule has 0 radical (unpaired) electrons. The molecular weight excluding hydrogens is 534 g/mol. The zero-order valence-corrected chi connectivity index (χ0v) is 23.0. The number of rotatable bonds is 6. The van der Waals surface area contributed by atoms with E-state index in [-0.39, 0.29) is 28.9 Å². The fraction of sp³-hybridized carbons (Fsp3) is 0.393. The second-order valence-electron chi connectivity index (χ2n) is 10.6. The third-order valence-electron chi connectivity index (χ3n) is 7.38. The van der Waals surface area contributed by atoms with Gasteiger partial charge >= 0.3 is 11.7 Å². The van der Waals surface area contributed by atoms with Crippen LogP contribution in [0.3, 0.4) is 0 Å². The molecule has 1 saturated heterocycles. The van der Waals surface area contributed by atoms with Crippen molar-refractivity contribution in [3.8, 4) is 6.07 Å². The van der Waals surface area contributed by atoms with Gasteiger partial charge in [0.05, 0.1) is 32.9 Å². The van der Waals surface area contributed by atoms with Crippen molar-refractivity contribution in [1.82, 2.24) is 19.4 Å². The molecule has 3 amide bonds. The monoisotopic (exact) mass is 563 g/mol. The molecule has 2 heterocycles. The Morgan fingerprint density at radius 2 is 1.88 bits per heavy atom. The van der Waals surface area contributed by atoms with E-state index in [1.165, 1.54) is 26.5 Å². The standard InChI is InChI=1S/C28H30ClN7O4/c1-16(2)35-24-8-7-19(11-21(24)26(38)34(28(35)40)14-17-3-4-17)36(20-6-5-18(13-30)22(29)12-20)27(39)33-10-9-32-23(15-33)25(31)37/h5-8,11-12,16-17,23,32H,3-4,9-10,14-15H2,1-2H3,(H2,31,37). The molecule has 208 valence electrons. The highest BCUT2D eigenvalue weighted by Crippen LogP contribution is 2.33. The van der Waals surface area contributed by atoms with Gasteiger partial charge in [0.2, 0.25) is 5.91 Å². The molecule has 3 aromatic rings. The third-order valence-corrected chi connectivity index (χ3v) is 7.69. The molecule has 1 unspecified atom stereocenters. The van der Waals surface area contributed by atoms with Crippen molar-refractivity contribution in [2.45, 2.75) is 45.3 Å². The third kappa shape index (κ3) is 5.08. The number of carbonyl (C=O) groups is 2. The second-order valence-corrected chi connectivity index (χ2v) is 11.0. The molecule has 0 spiro atoms. The van der Waals surface area contributed by atoms with Gasteiger partial charge in [-0.1, -0.05) is 11.6 Å². The van der Waals surface area contributed by atoms with E-state index in [2.05, 4.69) is 5.32 Å².